The van der Waals surface area contributed by atoms with Crippen LogP contribution in [0.5, 0.6) is 0 Å². The summed E-state index contributed by atoms with van der Waals surface area (Å²) in [6.45, 7) is 0. The third-order valence-corrected chi connectivity index (χ3v) is 12.9. The lowest BCUT2D eigenvalue weighted by atomic mass is 10.3. The largest absolute Gasteiger partial charge is 0.228 e. The molecular formula is C17H9NS7. The minimum absolute atomic E-state index is 0.892. The molecule has 8 heteroatoms. The molecule has 3 aliphatic heterocycles. The molecule has 0 unspecified atom stereocenters. The third kappa shape index (κ3) is 3.70. The van der Waals surface area contributed by atoms with E-state index in [9.17, 15) is 0 Å². The number of hydrogen-bond donors (Lipinski definition) is 0. The van der Waals surface area contributed by atoms with E-state index in [0.29, 0.717) is 0 Å². The fraction of sp³-hybridized carbons (Fsp3) is 0.118. The second-order valence-electron chi connectivity index (χ2n) is 4.99. The smallest absolute Gasteiger partial charge is 0.168 e. The Bertz CT molecular complexity index is 965. The molecule has 0 saturated heterocycles. The molecule has 0 spiro atoms. The van der Waals surface area contributed by atoms with Crippen LogP contribution < -0.4 is 0 Å². The van der Waals surface area contributed by atoms with Crippen molar-refractivity contribution < 1.29 is 0 Å². The first-order chi connectivity index (χ1) is 12.3. The van der Waals surface area contributed by atoms with Crippen molar-refractivity contribution in [1.82, 2.24) is 4.98 Å². The molecule has 0 radical (unpaired) electrons. The zero-order chi connectivity index (χ0) is 16.6. The molecule has 0 amide bonds. The maximum atomic E-state index is 4.59. The highest BCUT2D eigenvalue weighted by Gasteiger charge is 2.28. The first kappa shape index (κ1) is 17.1. The molecule has 124 valence electrons. The molecule has 4 heterocycles. The van der Waals surface area contributed by atoms with Gasteiger partial charge in [-0.1, -0.05) is 65.1 Å². The Morgan fingerprint density at radius 1 is 0.840 bits per heavy atom. The molecule has 5 rings (SSSR count). The number of para-hydroxylation sites is 1. The highest BCUT2D eigenvalue weighted by molar-refractivity contribution is 8.43. The van der Waals surface area contributed by atoms with Crippen molar-refractivity contribution in [3.63, 3.8) is 0 Å². The summed E-state index contributed by atoms with van der Waals surface area (Å²) in [6, 6.07) is 8.20. The number of rotatable bonds is 0. The van der Waals surface area contributed by atoms with E-state index in [1.807, 2.05) is 77.0 Å². The quantitative estimate of drug-likeness (QED) is 0.388. The first-order valence-corrected chi connectivity index (χ1v) is 13.5. The highest BCUT2D eigenvalue weighted by Crippen LogP contribution is 2.63. The van der Waals surface area contributed by atoms with Gasteiger partial charge in [0.15, 0.2) is 5.01 Å². The van der Waals surface area contributed by atoms with E-state index in [4.69, 9.17) is 0 Å². The summed E-state index contributed by atoms with van der Waals surface area (Å²) in [4.78, 5) is 5.71. The molecule has 1 aromatic carbocycles. The zero-order valence-electron chi connectivity index (χ0n) is 12.6. The molecule has 0 atom stereocenters. The van der Waals surface area contributed by atoms with Gasteiger partial charge in [-0.05, 0) is 23.5 Å². The lowest BCUT2D eigenvalue weighted by molar-refractivity contribution is 1.45. The minimum atomic E-state index is 0.892. The number of fused-ring (bicyclic) bond motifs is 1. The number of benzene rings is 1. The fourth-order valence-electron chi connectivity index (χ4n) is 2.24. The van der Waals surface area contributed by atoms with Gasteiger partial charge in [0.1, 0.15) is 0 Å². The van der Waals surface area contributed by atoms with Crippen LogP contribution in [0, 0.1) is 11.8 Å². The van der Waals surface area contributed by atoms with Crippen LogP contribution in [-0.2, 0) is 0 Å². The predicted molar refractivity (Wildman–Crippen MR) is 124 cm³/mol. The normalized spacial score (nSPS) is 19.9. The summed E-state index contributed by atoms with van der Waals surface area (Å²) in [5, 5.41) is 3.06. The molecule has 0 bridgehead atoms. The van der Waals surface area contributed by atoms with Crippen LogP contribution >= 0.6 is 81.9 Å². The number of thioether (sulfide) groups is 6. The first-order valence-electron chi connectivity index (χ1n) is 7.37. The van der Waals surface area contributed by atoms with E-state index in [-0.39, 0.29) is 0 Å². The van der Waals surface area contributed by atoms with Crippen molar-refractivity contribution in [2.24, 2.45) is 0 Å². The number of aromatic nitrogens is 1. The maximum absolute atomic E-state index is 4.59. The summed E-state index contributed by atoms with van der Waals surface area (Å²) in [5.74, 6) is 9.00. The van der Waals surface area contributed by atoms with Gasteiger partial charge in [0, 0.05) is 11.5 Å². The Balaban J connectivity index is 1.31. The van der Waals surface area contributed by atoms with Gasteiger partial charge in [-0.3, -0.25) is 0 Å². The van der Waals surface area contributed by atoms with Crippen molar-refractivity contribution in [2.75, 3.05) is 11.5 Å². The van der Waals surface area contributed by atoms with Gasteiger partial charge in [-0.15, -0.1) is 34.9 Å². The summed E-state index contributed by atoms with van der Waals surface area (Å²) in [7, 11) is 0. The van der Waals surface area contributed by atoms with Gasteiger partial charge in [-0.25, -0.2) is 4.98 Å². The molecule has 3 aliphatic rings. The Labute approximate surface area is 175 Å². The van der Waals surface area contributed by atoms with Crippen molar-refractivity contribution in [1.29, 1.82) is 0 Å². The van der Waals surface area contributed by atoms with Crippen LogP contribution in [0.15, 0.2) is 51.5 Å². The van der Waals surface area contributed by atoms with Crippen molar-refractivity contribution >= 4 is 92.1 Å². The summed E-state index contributed by atoms with van der Waals surface area (Å²) >= 11 is 13.2. The van der Waals surface area contributed by atoms with Crippen LogP contribution in [-0.4, -0.2) is 16.5 Å². The SMILES string of the molecule is C(#Cc1nc2ccccc2s1)C1=CSC(=C2SC3=C(SCCS3)S2)S1. The van der Waals surface area contributed by atoms with Gasteiger partial charge in [0.2, 0.25) is 0 Å². The molecule has 2 aromatic rings. The molecule has 0 aliphatic carbocycles. The van der Waals surface area contributed by atoms with Gasteiger partial charge < -0.3 is 0 Å². The predicted octanol–water partition coefficient (Wildman–Crippen LogP) is 7.18. The van der Waals surface area contributed by atoms with E-state index < -0.39 is 0 Å². The van der Waals surface area contributed by atoms with Crippen LogP contribution in [0.1, 0.15) is 5.01 Å². The lowest BCUT2D eigenvalue weighted by Gasteiger charge is -2.08. The second kappa shape index (κ2) is 7.55. The monoisotopic (exact) mass is 451 g/mol. The van der Waals surface area contributed by atoms with Gasteiger partial charge >= 0.3 is 0 Å². The van der Waals surface area contributed by atoms with Crippen molar-refractivity contribution in [3.8, 4) is 11.8 Å². The Hall–Kier alpha value is -0.01000. The van der Waals surface area contributed by atoms with Crippen molar-refractivity contribution in [2.45, 2.75) is 0 Å². The van der Waals surface area contributed by atoms with Crippen LogP contribution in [0.3, 0.4) is 0 Å². The molecule has 0 N–H and O–H groups in total. The molecule has 1 aromatic heterocycles. The average Bonchev–Trinajstić information content (AvgIpc) is 3.36. The molecule has 0 saturated carbocycles. The van der Waals surface area contributed by atoms with Crippen LogP contribution in [0.2, 0.25) is 0 Å². The molecule has 1 nitrogen and oxygen atoms in total. The van der Waals surface area contributed by atoms with E-state index in [0.717, 1.165) is 15.4 Å². The van der Waals surface area contributed by atoms with Crippen molar-refractivity contribution in [3.05, 3.63) is 56.5 Å². The third-order valence-electron chi connectivity index (χ3n) is 3.32. The lowest BCUT2D eigenvalue weighted by Crippen LogP contribution is -1.88. The number of allylic oxidation sites excluding steroid dienone is 1. The fourth-order valence-corrected chi connectivity index (χ4v) is 11.4. The second-order valence-corrected chi connectivity index (χ2v) is 13.2. The van der Waals surface area contributed by atoms with E-state index in [1.54, 1.807) is 23.1 Å². The number of thiazole rings is 1. The summed E-state index contributed by atoms with van der Waals surface area (Å²) in [5.41, 5.74) is 1.03. The zero-order valence-corrected chi connectivity index (χ0v) is 18.3. The maximum Gasteiger partial charge on any atom is 0.168 e. The summed E-state index contributed by atoms with van der Waals surface area (Å²) < 4.78 is 6.99. The minimum Gasteiger partial charge on any atom is -0.228 e. The summed E-state index contributed by atoms with van der Waals surface area (Å²) in [6.07, 6.45) is 0. The van der Waals surface area contributed by atoms with Gasteiger partial charge in [0.25, 0.3) is 0 Å². The van der Waals surface area contributed by atoms with Gasteiger partial charge in [0.05, 0.1) is 32.1 Å². The van der Waals surface area contributed by atoms with E-state index >= 15 is 0 Å². The molecule has 0 fully saturated rings. The molecular weight excluding hydrogens is 443 g/mol. The van der Waals surface area contributed by atoms with Crippen LogP contribution in [0.4, 0.5) is 0 Å². The Morgan fingerprint density at radius 2 is 1.64 bits per heavy atom. The Morgan fingerprint density at radius 3 is 2.44 bits per heavy atom. The topological polar surface area (TPSA) is 12.9 Å². The van der Waals surface area contributed by atoms with E-state index in [2.05, 4.69) is 28.3 Å². The Kier molecular flexibility index (Phi) is 5.17. The number of nitrogens with zero attached hydrogens (tertiary/aromatic N) is 1. The number of hydrogen-bond acceptors (Lipinski definition) is 8. The standard InChI is InChI=1S/C17H9NS7/c1-2-4-12-11(3-1)18-13(23-12)6-5-10-9-21-16(22-10)17-24-14-15(25-17)20-8-7-19-14/h1-4,9H,7-8H2. The highest BCUT2D eigenvalue weighted by atomic mass is 32.3. The van der Waals surface area contributed by atoms with E-state index in [1.165, 1.54) is 33.2 Å². The van der Waals surface area contributed by atoms with Crippen LogP contribution in [0.25, 0.3) is 10.2 Å². The molecule has 25 heavy (non-hydrogen) atoms. The van der Waals surface area contributed by atoms with Gasteiger partial charge in [-0.2, -0.15) is 0 Å². The average molecular weight is 452 g/mol.